The fraction of sp³-hybridized carbons (Fsp3) is 0.529. The maximum atomic E-state index is 12.1. The Hall–Kier alpha value is -2.11. The zero-order valence-electron chi connectivity index (χ0n) is 15.6. The summed E-state index contributed by atoms with van der Waals surface area (Å²) in [5, 5.41) is 2.86. The van der Waals surface area contributed by atoms with E-state index in [1.807, 2.05) is 13.8 Å². The molecule has 0 aromatic heterocycles. The van der Waals surface area contributed by atoms with Crippen LogP contribution in [0, 0.1) is 0 Å². The predicted octanol–water partition coefficient (Wildman–Crippen LogP) is 0.985. The number of alkyl halides is 3. The van der Waals surface area contributed by atoms with Crippen molar-refractivity contribution in [2.24, 2.45) is 0 Å². The molecule has 2 atom stereocenters. The van der Waals surface area contributed by atoms with Crippen LogP contribution in [-0.2, 0) is 9.53 Å². The average Bonchev–Trinajstić information content (AvgIpc) is 2.58. The van der Waals surface area contributed by atoms with Gasteiger partial charge in [0.25, 0.3) is 0 Å². The number of ether oxygens (including phenoxy) is 2. The molecule has 0 radical (unpaired) electrons. The molecular weight excluding hydrogens is 397 g/mol. The molecule has 1 aromatic carbocycles. The Labute approximate surface area is 166 Å². The second-order valence-corrected chi connectivity index (χ2v) is 7.02. The number of hydrogen-bond donors (Lipinski definition) is 4. The van der Waals surface area contributed by atoms with Crippen LogP contribution in [0.15, 0.2) is 24.3 Å². The van der Waals surface area contributed by atoms with E-state index in [-0.39, 0.29) is 29.0 Å². The third-order valence-electron chi connectivity index (χ3n) is 3.98. The third-order valence-corrected chi connectivity index (χ3v) is 4.19. The second-order valence-electron chi connectivity index (χ2n) is 6.62. The number of thiocarbonyl (C=S) groups is 1. The van der Waals surface area contributed by atoms with Crippen LogP contribution >= 0.6 is 12.2 Å². The van der Waals surface area contributed by atoms with Gasteiger partial charge < -0.3 is 19.7 Å². The lowest BCUT2D eigenvalue weighted by atomic mass is 10.2. The lowest BCUT2D eigenvalue weighted by Crippen LogP contribution is -3.15. The first-order chi connectivity index (χ1) is 13.1. The largest absolute Gasteiger partial charge is 0.573 e. The molecule has 1 saturated heterocycles. The number of amides is 1. The van der Waals surface area contributed by atoms with E-state index in [9.17, 15) is 18.0 Å². The molecule has 2 rings (SSSR count). The molecule has 0 spiro atoms. The van der Waals surface area contributed by atoms with E-state index in [2.05, 4.69) is 20.9 Å². The van der Waals surface area contributed by atoms with Gasteiger partial charge in [-0.1, -0.05) is 0 Å². The first-order valence-electron chi connectivity index (χ1n) is 8.81. The number of carbonyl (C=O) groups excluding carboxylic acids is 1. The highest BCUT2D eigenvalue weighted by Crippen LogP contribution is 2.23. The Morgan fingerprint density at radius 3 is 2.39 bits per heavy atom. The molecule has 1 amide bonds. The van der Waals surface area contributed by atoms with E-state index in [4.69, 9.17) is 17.0 Å². The summed E-state index contributed by atoms with van der Waals surface area (Å²) in [5.41, 5.74) is 5.51. The van der Waals surface area contributed by atoms with Crippen LogP contribution in [0.4, 0.5) is 18.9 Å². The Morgan fingerprint density at radius 1 is 1.21 bits per heavy atom. The van der Waals surface area contributed by atoms with E-state index < -0.39 is 6.36 Å². The van der Waals surface area contributed by atoms with Crippen molar-refractivity contribution in [3.8, 4) is 5.75 Å². The lowest BCUT2D eigenvalue weighted by Gasteiger charge is -2.32. The van der Waals surface area contributed by atoms with Crippen LogP contribution in [0.5, 0.6) is 5.75 Å². The molecule has 0 aliphatic carbocycles. The van der Waals surface area contributed by atoms with Crippen LogP contribution in [-0.4, -0.2) is 49.2 Å². The molecule has 4 N–H and O–H groups in total. The van der Waals surface area contributed by atoms with Crippen molar-refractivity contribution in [2.75, 3.05) is 25.0 Å². The fourth-order valence-electron chi connectivity index (χ4n) is 2.97. The number of hydrogen-bond acceptors (Lipinski definition) is 4. The van der Waals surface area contributed by atoms with Crippen molar-refractivity contribution in [2.45, 2.75) is 38.8 Å². The maximum absolute atomic E-state index is 12.1. The van der Waals surface area contributed by atoms with Crippen LogP contribution in [0.2, 0.25) is 0 Å². The molecule has 7 nitrogen and oxygen atoms in total. The molecule has 1 aliphatic heterocycles. The van der Waals surface area contributed by atoms with Gasteiger partial charge in [-0.05, 0) is 50.3 Å². The van der Waals surface area contributed by atoms with Crippen LogP contribution in [0.1, 0.15) is 20.3 Å². The number of quaternary nitrogens is 1. The monoisotopic (exact) mass is 421 g/mol. The smallest absolute Gasteiger partial charge is 0.406 e. The normalized spacial score (nSPS) is 22.2. The van der Waals surface area contributed by atoms with Gasteiger partial charge in [0.1, 0.15) is 31.0 Å². The molecule has 11 heteroatoms. The molecular formula is C17H24F3N4O3S+. The number of hydrazine groups is 1. The van der Waals surface area contributed by atoms with E-state index in [1.54, 1.807) is 0 Å². The Balaban J connectivity index is 1.68. The van der Waals surface area contributed by atoms with Gasteiger partial charge in [0.05, 0.1) is 13.0 Å². The first-order valence-corrected chi connectivity index (χ1v) is 9.22. The van der Waals surface area contributed by atoms with Gasteiger partial charge in [0.15, 0.2) is 5.11 Å². The summed E-state index contributed by atoms with van der Waals surface area (Å²) in [6, 6.07) is 5.07. The molecule has 1 fully saturated rings. The number of carbonyl (C=O) groups is 1. The number of nitrogens with one attached hydrogen (secondary N) is 4. The molecule has 1 aliphatic rings. The van der Waals surface area contributed by atoms with Crippen LogP contribution in [0.3, 0.4) is 0 Å². The number of morpholine rings is 1. The SMILES string of the molecule is C[C@@H]1C[NH+](CCC(=O)NNC(=S)Nc2ccc(OC(F)(F)F)cc2)C[C@@H](C)O1. The molecule has 0 unspecified atom stereocenters. The zero-order chi connectivity index (χ0) is 20.7. The Morgan fingerprint density at radius 2 is 1.82 bits per heavy atom. The number of rotatable bonds is 5. The molecule has 1 aromatic rings. The van der Waals surface area contributed by atoms with Crippen molar-refractivity contribution >= 4 is 28.9 Å². The minimum Gasteiger partial charge on any atom is -0.406 e. The summed E-state index contributed by atoms with van der Waals surface area (Å²) in [5.74, 6) is -0.545. The van der Waals surface area contributed by atoms with Gasteiger partial charge in [0.2, 0.25) is 5.91 Å². The minimum absolute atomic E-state index is 0.110. The summed E-state index contributed by atoms with van der Waals surface area (Å²) in [4.78, 5) is 13.3. The number of anilines is 1. The Kier molecular flexibility index (Phi) is 7.84. The van der Waals surface area contributed by atoms with Crippen LogP contribution in [0.25, 0.3) is 0 Å². The molecule has 1 heterocycles. The molecule has 156 valence electrons. The van der Waals surface area contributed by atoms with E-state index in [0.29, 0.717) is 18.7 Å². The molecule has 0 bridgehead atoms. The lowest BCUT2D eigenvalue weighted by molar-refractivity contribution is -0.914. The van der Waals surface area contributed by atoms with E-state index >= 15 is 0 Å². The zero-order valence-corrected chi connectivity index (χ0v) is 16.4. The van der Waals surface area contributed by atoms with Crippen molar-refractivity contribution in [3.05, 3.63) is 24.3 Å². The molecule has 0 saturated carbocycles. The summed E-state index contributed by atoms with van der Waals surface area (Å²) >= 11 is 5.05. The highest BCUT2D eigenvalue weighted by Gasteiger charge is 2.31. The fourth-order valence-corrected chi connectivity index (χ4v) is 3.14. The second kappa shape index (κ2) is 9.89. The van der Waals surface area contributed by atoms with E-state index in [0.717, 1.165) is 25.2 Å². The third kappa shape index (κ3) is 8.28. The van der Waals surface area contributed by atoms with Gasteiger partial charge >= 0.3 is 6.36 Å². The van der Waals surface area contributed by atoms with Crippen molar-refractivity contribution in [1.82, 2.24) is 10.9 Å². The van der Waals surface area contributed by atoms with E-state index in [1.165, 1.54) is 17.0 Å². The minimum atomic E-state index is -4.74. The summed E-state index contributed by atoms with van der Waals surface area (Å²) < 4.78 is 45.8. The summed E-state index contributed by atoms with van der Waals surface area (Å²) in [6.45, 7) is 6.44. The van der Waals surface area contributed by atoms with Gasteiger partial charge in [-0.15, -0.1) is 13.2 Å². The first kappa shape index (κ1) is 22.2. The van der Waals surface area contributed by atoms with Gasteiger partial charge in [-0.25, -0.2) is 0 Å². The van der Waals surface area contributed by atoms with Gasteiger partial charge in [-0.2, -0.15) is 0 Å². The van der Waals surface area contributed by atoms with Gasteiger partial charge in [0, 0.05) is 5.69 Å². The maximum Gasteiger partial charge on any atom is 0.573 e. The molecule has 28 heavy (non-hydrogen) atoms. The number of benzene rings is 1. The standard InChI is InChI=1S/C17H23F3N4O3S/c1-11-9-24(10-12(2)26-11)8-7-15(25)22-23-16(28)21-13-3-5-14(6-4-13)27-17(18,19)20/h3-6,11-12H,7-10H2,1-2H3,(H,22,25)(H2,21,23,28)/p+1/t11-,12-/m1/s1. The van der Waals surface area contributed by atoms with Gasteiger partial charge in [-0.3, -0.25) is 15.6 Å². The quantitative estimate of drug-likeness (QED) is 0.420. The topological polar surface area (TPSA) is 76.1 Å². The van der Waals surface area contributed by atoms with Crippen molar-refractivity contribution < 1.29 is 32.3 Å². The average molecular weight is 421 g/mol. The number of halogens is 3. The predicted molar refractivity (Wildman–Crippen MR) is 101 cm³/mol. The summed E-state index contributed by atoms with van der Waals surface area (Å²) in [6.07, 6.45) is -4.07. The van der Waals surface area contributed by atoms with Crippen molar-refractivity contribution in [3.63, 3.8) is 0 Å². The highest BCUT2D eigenvalue weighted by molar-refractivity contribution is 7.80. The van der Waals surface area contributed by atoms with Crippen LogP contribution < -0.4 is 25.8 Å². The Bertz CT molecular complexity index is 663. The highest BCUT2D eigenvalue weighted by atomic mass is 32.1. The van der Waals surface area contributed by atoms with Crippen molar-refractivity contribution in [1.29, 1.82) is 0 Å². The summed E-state index contributed by atoms with van der Waals surface area (Å²) in [7, 11) is 0.